The van der Waals surface area contributed by atoms with Gasteiger partial charge in [0.05, 0.1) is 0 Å². The molecule has 0 aliphatic heterocycles. The second kappa shape index (κ2) is 3.84. The van der Waals surface area contributed by atoms with Crippen molar-refractivity contribution in [2.75, 3.05) is 0 Å². The molecule has 0 heterocycles. The predicted octanol–water partition coefficient (Wildman–Crippen LogP) is 3.39. The van der Waals surface area contributed by atoms with Gasteiger partial charge >= 0.3 is 0 Å². The van der Waals surface area contributed by atoms with Crippen molar-refractivity contribution < 1.29 is 15.3 Å². The Labute approximate surface area is 100.0 Å². The molecule has 0 saturated carbocycles. The predicted molar refractivity (Wildman–Crippen MR) is 67.8 cm³/mol. The van der Waals surface area contributed by atoms with Crippen molar-refractivity contribution in [3.05, 3.63) is 29.3 Å². The van der Waals surface area contributed by atoms with Crippen LogP contribution in [0, 0.1) is 6.92 Å². The Hall–Kier alpha value is -1.90. The van der Waals surface area contributed by atoms with Gasteiger partial charge in [0.15, 0.2) is 11.5 Å². The van der Waals surface area contributed by atoms with E-state index in [1.165, 1.54) is 0 Å². The normalized spacial score (nSPS) is 11.3. The van der Waals surface area contributed by atoms with E-state index in [4.69, 9.17) is 0 Å². The summed E-state index contributed by atoms with van der Waals surface area (Å²) in [5.74, 6) is -0.405. The van der Waals surface area contributed by atoms with E-state index in [0.29, 0.717) is 16.3 Å². The highest BCUT2D eigenvalue weighted by Crippen LogP contribution is 2.47. The molecule has 0 aliphatic carbocycles. The maximum Gasteiger partial charge on any atom is 0.166 e. The quantitative estimate of drug-likeness (QED) is 0.521. The molecule has 0 amide bonds. The highest BCUT2D eigenvalue weighted by molar-refractivity contribution is 5.97. The maximum absolute atomic E-state index is 10.1. The van der Waals surface area contributed by atoms with E-state index in [1.807, 2.05) is 26.8 Å². The average Bonchev–Trinajstić information content (AvgIpc) is 2.25. The number of phenolic OH excluding ortho intramolecular Hbond substituents is 3. The summed E-state index contributed by atoms with van der Waals surface area (Å²) in [4.78, 5) is 0. The monoisotopic (exact) mass is 232 g/mol. The molecule has 0 fully saturated rings. The van der Waals surface area contributed by atoms with Crippen LogP contribution in [-0.2, 0) is 0 Å². The highest BCUT2D eigenvalue weighted by Gasteiger charge is 2.20. The molecule has 2 aromatic rings. The third-order valence-electron chi connectivity index (χ3n) is 3.00. The molecule has 17 heavy (non-hydrogen) atoms. The zero-order chi connectivity index (χ0) is 12.7. The van der Waals surface area contributed by atoms with Gasteiger partial charge in [-0.25, -0.2) is 0 Å². The van der Waals surface area contributed by atoms with Crippen molar-refractivity contribution >= 4 is 10.8 Å². The van der Waals surface area contributed by atoms with Gasteiger partial charge in [0.1, 0.15) is 5.75 Å². The summed E-state index contributed by atoms with van der Waals surface area (Å²) >= 11 is 0. The van der Waals surface area contributed by atoms with Crippen LogP contribution >= 0.6 is 0 Å². The SMILES string of the molecule is Cc1ccc2c(O)c(C(C)C)c(O)c(O)c2c1. The standard InChI is InChI=1S/C14H16O3/c1-7(2)11-12(15)9-5-4-8(3)6-10(9)13(16)14(11)17/h4-7,15-17H,1-3H3. The molecule has 2 rings (SSSR count). The zero-order valence-electron chi connectivity index (χ0n) is 10.2. The Morgan fingerprint density at radius 3 is 2.12 bits per heavy atom. The maximum atomic E-state index is 10.1. The van der Waals surface area contributed by atoms with Crippen molar-refractivity contribution in [2.24, 2.45) is 0 Å². The molecule has 3 N–H and O–H groups in total. The Balaban J connectivity index is 2.94. The topological polar surface area (TPSA) is 60.7 Å². The molecule has 3 nitrogen and oxygen atoms in total. The number of aromatic hydroxyl groups is 3. The summed E-state index contributed by atoms with van der Waals surface area (Å²) in [7, 11) is 0. The van der Waals surface area contributed by atoms with Gasteiger partial charge in [0, 0.05) is 16.3 Å². The fraction of sp³-hybridized carbons (Fsp3) is 0.286. The summed E-state index contributed by atoms with van der Waals surface area (Å²) in [6.45, 7) is 5.60. The van der Waals surface area contributed by atoms with Gasteiger partial charge in [-0.1, -0.05) is 31.5 Å². The molecule has 0 aliphatic rings. The smallest absolute Gasteiger partial charge is 0.166 e. The van der Waals surface area contributed by atoms with E-state index in [1.54, 1.807) is 12.1 Å². The molecule has 2 aromatic carbocycles. The van der Waals surface area contributed by atoms with Crippen molar-refractivity contribution in [1.29, 1.82) is 0 Å². The Morgan fingerprint density at radius 1 is 0.882 bits per heavy atom. The van der Waals surface area contributed by atoms with Crippen molar-refractivity contribution in [3.63, 3.8) is 0 Å². The van der Waals surface area contributed by atoms with E-state index in [-0.39, 0.29) is 23.2 Å². The molecule has 90 valence electrons. The van der Waals surface area contributed by atoms with Gasteiger partial charge in [-0.15, -0.1) is 0 Å². The molecule has 0 bridgehead atoms. The second-order valence-electron chi connectivity index (χ2n) is 4.66. The molecule has 0 unspecified atom stereocenters. The van der Waals surface area contributed by atoms with Crippen LogP contribution in [0.4, 0.5) is 0 Å². The van der Waals surface area contributed by atoms with Gasteiger partial charge in [-0.05, 0) is 18.9 Å². The fourth-order valence-electron chi connectivity index (χ4n) is 2.12. The van der Waals surface area contributed by atoms with Gasteiger partial charge in [-0.2, -0.15) is 0 Å². The number of hydrogen-bond donors (Lipinski definition) is 3. The summed E-state index contributed by atoms with van der Waals surface area (Å²) < 4.78 is 0. The lowest BCUT2D eigenvalue weighted by Gasteiger charge is -2.15. The number of hydrogen-bond acceptors (Lipinski definition) is 3. The number of rotatable bonds is 1. The molecule has 0 aromatic heterocycles. The van der Waals surface area contributed by atoms with Crippen LogP contribution in [0.25, 0.3) is 10.8 Å². The molecule has 0 atom stereocenters. The van der Waals surface area contributed by atoms with Crippen molar-refractivity contribution in [2.45, 2.75) is 26.7 Å². The zero-order valence-corrected chi connectivity index (χ0v) is 10.2. The summed E-state index contributed by atoms with van der Waals surface area (Å²) in [6.07, 6.45) is 0. The van der Waals surface area contributed by atoms with E-state index in [2.05, 4.69) is 0 Å². The van der Waals surface area contributed by atoms with Crippen LogP contribution in [-0.4, -0.2) is 15.3 Å². The second-order valence-corrected chi connectivity index (χ2v) is 4.66. The van der Waals surface area contributed by atoms with E-state index >= 15 is 0 Å². The first kappa shape index (κ1) is 11.6. The van der Waals surface area contributed by atoms with Crippen LogP contribution in [0.5, 0.6) is 17.2 Å². The minimum absolute atomic E-state index is 0.0466. The van der Waals surface area contributed by atoms with E-state index < -0.39 is 0 Å². The minimum Gasteiger partial charge on any atom is -0.507 e. The Bertz CT molecular complexity index is 586. The molecular formula is C14H16O3. The largest absolute Gasteiger partial charge is 0.507 e. The highest BCUT2D eigenvalue weighted by atomic mass is 16.3. The van der Waals surface area contributed by atoms with Crippen LogP contribution < -0.4 is 0 Å². The third kappa shape index (κ3) is 1.68. The first-order valence-electron chi connectivity index (χ1n) is 5.60. The minimum atomic E-state index is -0.226. The average molecular weight is 232 g/mol. The molecule has 3 heteroatoms. The first-order valence-corrected chi connectivity index (χ1v) is 5.60. The van der Waals surface area contributed by atoms with Gasteiger partial charge < -0.3 is 15.3 Å². The van der Waals surface area contributed by atoms with Crippen LogP contribution in [0.2, 0.25) is 0 Å². The van der Waals surface area contributed by atoms with Gasteiger partial charge in [-0.3, -0.25) is 0 Å². The summed E-state index contributed by atoms with van der Waals surface area (Å²) in [6, 6.07) is 5.36. The van der Waals surface area contributed by atoms with Crippen LogP contribution in [0.1, 0.15) is 30.9 Å². The third-order valence-corrected chi connectivity index (χ3v) is 3.00. The number of aryl methyl sites for hydroxylation is 1. The van der Waals surface area contributed by atoms with Crippen molar-refractivity contribution in [3.8, 4) is 17.2 Å². The number of phenols is 3. The molecule has 0 radical (unpaired) electrons. The Kier molecular flexibility index (Phi) is 2.62. The Morgan fingerprint density at radius 2 is 1.53 bits per heavy atom. The number of benzene rings is 2. The van der Waals surface area contributed by atoms with E-state index in [0.717, 1.165) is 5.56 Å². The summed E-state index contributed by atoms with van der Waals surface area (Å²) in [5, 5.41) is 31.1. The lowest BCUT2D eigenvalue weighted by Crippen LogP contribution is -1.92. The van der Waals surface area contributed by atoms with Crippen molar-refractivity contribution in [1.82, 2.24) is 0 Å². The van der Waals surface area contributed by atoms with Gasteiger partial charge in [0.2, 0.25) is 0 Å². The fourth-order valence-corrected chi connectivity index (χ4v) is 2.12. The van der Waals surface area contributed by atoms with Crippen LogP contribution in [0.3, 0.4) is 0 Å². The van der Waals surface area contributed by atoms with E-state index in [9.17, 15) is 15.3 Å². The summed E-state index contributed by atoms with van der Waals surface area (Å²) in [5.41, 5.74) is 1.35. The number of fused-ring (bicyclic) bond motifs is 1. The van der Waals surface area contributed by atoms with Crippen LogP contribution in [0.15, 0.2) is 18.2 Å². The first-order chi connectivity index (χ1) is 7.93. The van der Waals surface area contributed by atoms with Gasteiger partial charge in [0.25, 0.3) is 0 Å². The molecule has 0 saturated heterocycles. The molecule has 0 spiro atoms. The lowest BCUT2D eigenvalue weighted by molar-refractivity contribution is 0.392. The molecular weight excluding hydrogens is 216 g/mol. The lowest BCUT2D eigenvalue weighted by atomic mass is 9.95.